The van der Waals surface area contributed by atoms with E-state index in [0.29, 0.717) is 0 Å². The fourth-order valence-corrected chi connectivity index (χ4v) is 11.9. The maximum atomic E-state index is 2.49. The minimum absolute atomic E-state index is 0.530. The molecule has 13 rings (SSSR count). The van der Waals surface area contributed by atoms with Gasteiger partial charge in [0.25, 0.3) is 0 Å². The molecular weight excluding hydrogens is 793 g/mol. The van der Waals surface area contributed by atoms with E-state index < -0.39 is 5.41 Å². The van der Waals surface area contributed by atoms with E-state index in [0.717, 1.165) is 11.4 Å². The lowest BCUT2D eigenvalue weighted by Gasteiger charge is -2.41. The predicted octanol–water partition coefficient (Wildman–Crippen LogP) is 16.4. The normalized spacial score (nSPS) is 13.1. The lowest BCUT2D eigenvalue weighted by atomic mass is 9.66. The van der Waals surface area contributed by atoms with Crippen molar-refractivity contribution < 1.29 is 0 Å². The number of nitrogens with zero attached hydrogens (tertiary/aromatic N) is 2. The minimum atomic E-state index is -0.530. The highest BCUT2D eigenvalue weighted by Gasteiger charge is 2.52. The Hall–Kier alpha value is -7.85. The van der Waals surface area contributed by atoms with Crippen LogP contribution in [0.5, 0.6) is 0 Å². The fourth-order valence-electron chi connectivity index (χ4n) is 10.8. The van der Waals surface area contributed by atoms with Crippen molar-refractivity contribution in [1.82, 2.24) is 4.57 Å². The smallest absolute Gasteiger partial charge is 0.0755 e. The summed E-state index contributed by atoms with van der Waals surface area (Å²) in [6, 6.07) is 89.5. The van der Waals surface area contributed by atoms with Gasteiger partial charge in [-0.1, -0.05) is 182 Å². The quantitative estimate of drug-likeness (QED) is 0.165. The summed E-state index contributed by atoms with van der Waals surface area (Å²) in [5, 5.41) is 2.50. The molecule has 11 aromatic rings. The van der Waals surface area contributed by atoms with Crippen molar-refractivity contribution in [3.05, 3.63) is 265 Å². The van der Waals surface area contributed by atoms with E-state index in [1.165, 1.54) is 98.6 Å². The Bertz CT molecular complexity index is 3520. The van der Waals surface area contributed by atoms with E-state index in [4.69, 9.17) is 0 Å². The highest BCUT2D eigenvalue weighted by molar-refractivity contribution is 7.99. The lowest BCUT2D eigenvalue weighted by molar-refractivity contribution is 0.722. The largest absolute Gasteiger partial charge is 0.310 e. The molecule has 2 heterocycles. The molecule has 1 aromatic heterocycles. The Morgan fingerprint density at radius 2 is 0.875 bits per heavy atom. The van der Waals surface area contributed by atoms with Crippen LogP contribution in [0, 0.1) is 0 Å². The standard InChI is InChI=1S/C61H40N2S/c1-3-16-41(17-4-1)42-30-35-46(36-31-42)62(47-37-32-43(33-38-47)44-34-39-56-51(40-44)49-21-8-12-26-55(49)63(56)45-18-5-2-6-19-45)57-27-15-22-50-48-20-7-9-23-52(48)61(60(50)57)53-24-10-13-28-58(53)64-59-29-14-11-25-54(59)61/h1-40H. The Kier molecular flexibility index (Phi) is 8.40. The molecule has 0 unspecified atom stereocenters. The molecule has 0 atom stereocenters. The first-order valence-corrected chi connectivity index (χ1v) is 22.8. The molecular formula is C61H40N2S. The van der Waals surface area contributed by atoms with Crippen LogP contribution in [0.4, 0.5) is 17.1 Å². The molecule has 0 saturated carbocycles. The Balaban J connectivity index is 1.01. The molecule has 2 aliphatic rings. The van der Waals surface area contributed by atoms with Crippen molar-refractivity contribution in [2.45, 2.75) is 15.2 Å². The summed E-state index contributed by atoms with van der Waals surface area (Å²) < 4.78 is 2.38. The van der Waals surface area contributed by atoms with Gasteiger partial charge in [0, 0.05) is 43.2 Å². The number of para-hydroxylation sites is 2. The topological polar surface area (TPSA) is 8.17 Å². The molecule has 2 nitrogen and oxygen atoms in total. The number of hydrogen-bond acceptors (Lipinski definition) is 2. The van der Waals surface area contributed by atoms with Crippen molar-refractivity contribution in [1.29, 1.82) is 0 Å². The van der Waals surface area contributed by atoms with Crippen LogP contribution in [-0.2, 0) is 5.41 Å². The van der Waals surface area contributed by atoms with E-state index in [2.05, 4.69) is 252 Å². The van der Waals surface area contributed by atoms with E-state index in [-0.39, 0.29) is 0 Å². The molecule has 1 spiro atoms. The van der Waals surface area contributed by atoms with Crippen LogP contribution in [0.2, 0.25) is 0 Å². The van der Waals surface area contributed by atoms with Gasteiger partial charge in [0.1, 0.15) is 0 Å². The van der Waals surface area contributed by atoms with Gasteiger partial charge in [-0.15, -0.1) is 0 Å². The van der Waals surface area contributed by atoms with Crippen molar-refractivity contribution in [2.24, 2.45) is 0 Å². The third-order valence-corrected chi connectivity index (χ3v) is 14.6. The zero-order chi connectivity index (χ0) is 42.2. The second-order valence-electron chi connectivity index (χ2n) is 16.8. The van der Waals surface area contributed by atoms with Crippen LogP contribution in [0.1, 0.15) is 22.3 Å². The number of hydrogen-bond donors (Lipinski definition) is 0. The van der Waals surface area contributed by atoms with Gasteiger partial charge in [-0.3, -0.25) is 0 Å². The van der Waals surface area contributed by atoms with Crippen LogP contribution in [0.25, 0.3) is 60.9 Å². The van der Waals surface area contributed by atoms with Gasteiger partial charge in [-0.2, -0.15) is 0 Å². The van der Waals surface area contributed by atoms with Gasteiger partial charge in [0.2, 0.25) is 0 Å². The summed E-state index contributed by atoms with van der Waals surface area (Å²) in [6.45, 7) is 0. The lowest BCUT2D eigenvalue weighted by Crippen LogP contribution is -2.33. The maximum Gasteiger partial charge on any atom is 0.0755 e. The SMILES string of the molecule is c1ccc(-c2ccc(N(c3ccc(-c4ccc5c(c4)c4ccccc4n5-c4ccccc4)cc3)c3cccc4c3C3(c5ccccc5Sc5ccccc53)c3ccccc3-4)cc2)cc1. The third-order valence-electron chi connectivity index (χ3n) is 13.5. The molecule has 300 valence electrons. The van der Waals surface area contributed by atoms with Crippen LogP contribution in [0.3, 0.4) is 0 Å². The van der Waals surface area contributed by atoms with Crippen LogP contribution >= 0.6 is 11.8 Å². The van der Waals surface area contributed by atoms with Crippen molar-refractivity contribution in [3.8, 4) is 39.1 Å². The molecule has 1 aliphatic carbocycles. The predicted molar refractivity (Wildman–Crippen MR) is 268 cm³/mol. The second-order valence-corrected chi connectivity index (χ2v) is 17.9. The zero-order valence-electron chi connectivity index (χ0n) is 34.9. The minimum Gasteiger partial charge on any atom is -0.310 e. The molecule has 10 aromatic carbocycles. The van der Waals surface area contributed by atoms with Gasteiger partial charge < -0.3 is 9.47 Å². The summed E-state index contributed by atoms with van der Waals surface area (Å²) in [5.74, 6) is 0. The van der Waals surface area contributed by atoms with Gasteiger partial charge >= 0.3 is 0 Å². The average molecular weight is 833 g/mol. The van der Waals surface area contributed by atoms with Crippen molar-refractivity contribution in [2.75, 3.05) is 4.90 Å². The van der Waals surface area contributed by atoms with Crippen LogP contribution < -0.4 is 4.90 Å². The number of anilines is 3. The van der Waals surface area contributed by atoms with Gasteiger partial charge in [-0.05, 0) is 123 Å². The Morgan fingerprint density at radius 3 is 1.58 bits per heavy atom. The molecule has 0 fully saturated rings. The second kappa shape index (κ2) is 14.6. The summed E-state index contributed by atoms with van der Waals surface area (Å²) >= 11 is 1.88. The van der Waals surface area contributed by atoms with Crippen LogP contribution in [-0.4, -0.2) is 4.57 Å². The monoisotopic (exact) mass is 832 g/mol. The van der Waals surface area contributed by atoms with E-state index in [1.54, 1.807) is 0 Å². The average Bonchev–Trinajstić information content (AvgIpc) is 3.86. The summed E-state index contributed by atoms with van der Waals surface area (Å²) in [7, 11) is 0. The first-order chi connectivity index (χ1) is 31.8. The van der Waals surface area contributed by atoms with Crippen LogP contribution in [0.15, 0.2) is 252 Å². The summed E-state index contributed by atoms with van der Waals surface area (Å²) in [6.07, 6.45) is 0. The molecule has 3 heteroatoms. The summed E-state index contributed by atoms with van der Waals surface area (Å²) in [4.78, 5) is 5.09. The molecule has 64 heavy (non-hydrogen) atoms. The molecule has 0 bridgehead atoms. The van der Waals surface area contributed by atoms with Gasteiger partial charge in [-0.25, -0.2) is 0 Å². The first kappa shape index (κ1) is 36.8. The van der Waals surface area contributed by atoms with E-state index >= 15 is 0 Å². The van der Waals surface area contributed by atoms with Crippen molar-refractivity contribution >= 4 is 50.6 Å². The molecule has 0 radical (unpaired) electrons. The van der Waals surface area contributed by atoms with Gasteiger partial charge in [0.05, 0.1) is 22.1 Å². The molecule has 1 aliphatic heterocycles. The Labute approximate surface area is 377 Å². The molecule has 0 N–H and O–H groups in total. The van der Waals surface area contributed by atoms with E-state index in [9.17, 15) is 0 Å². The highest BCUT2D eigenvalue weighted by Crippen LogP contribution is 2.64. The molecule has 0 amide bonds. The highest BCUT2D eigenvalue weighted by atomic mass is 32.2. The summed E-state index contributed by atoms with van der Waals surface area (Å²) in [5.41, 5.74) is 19.1. The van der Waals surface area contributed by atoms with Crippen molar-refractivity contribution in [3.63, 3.8) is 0 Å². The number of rotatable bonds is 6. The zero-order valence-corrected chi connectivity index (χ0v) is 35.7. The van der Waals surface area contributed by atoms with E-state index in [1.807, 2.05) is 11.8 Å². The first-order valence-electron chi connectivity index (χ1n) is 22.0. The molecule has 0 saturated heterocycles. The maximum absolute atomic E-state index is 2.49. The Morgan fingerprint density at radius 1 is 0.359 bits per heavy atom. The van der Waals surface area contributed by atoms with Gasteiger partial charge in [0.15, 0.2) is 0 Å². The number of fused-ring (bicyclic) bond motifs is 12. The number of benzene rings is 10. The fraction of sp³-hybridized carbons (Fsp3) is 0.0164. The third kappa shape index (κ3) is 5.48. The number of aromatic nitrogens is 1.